The summed E-state index contributed by atoms with van der Waals surface area (Å²) in [7, 11) is 0. The fraction of sp³-hybridized carbons (Fsp3) is 1.00. The van der Waals surface area contributed by atoms with Crippen LogP contribution in [0.2, 0.25) is 0 Å². The first-order valence-corrected chi connectivity index (χ1v) is 6.62. The minimum Gasteiger partial charge on any atom is -0.381 e. The Balaban J connectivity index is 1.69. The molecule has 2 heteroatoms. The maximum absolute atomic E-state index is 5.47. The molecule has 1 saturated carbocycles. The summed E-state index contributed by atoms with van der Waals surface area (Å²) < 4.78 is 5.47. The van der Waals surface area contributed by atoms with Gasteiger partial charge in [0.1, 0.15) is 0 Å². The highest BCUT2D eigenvalue weighted by atomic mass is 16.5. The molecular weight excluding hydrogens is 186 g/mol. The lowest BCUT2D eigenvalue weighted by Crippen LogP contribution is -2.38. The van der Waals surface area contributed by atoms with E-state index in [1.807, 2.05) is 0 Å². The molecule has 88 valence electrons. The lowest BCUT2D eigenvalue weighted by molar-refractivity contribution is 0.174. The minimum atomic E-state index is 0.689. The standard InChI is InChI=1S/C13H25NO/c1-3-13(12-6-7-15-9-12)14-8-10(2)11-4-5-11/h10-14H,3-9H2,1-2H3. The van der Waals surface area contributed by atoms with E-state index in [2.05, 4.69) is 19.2 Å². The summed E-state index contributed by atoms with van der Waals surface area (Å²) in [4.78, 5) is 0. The zero-order chi connectivity index (χ0) is 10.7. The SMILES string of the molecule is CCC(NCC(C)C1CC1)C1CCOC1. The average Bonchev–Trinajstić information content (AvgIpc) is 2.97. The largest absolute Gasteiger partial charge is 0.381 e. The van der Waals surface area contributed by atoms with Crippen LogP contribution in [0.5, 0.6) is 0 Å². The molecule has 2 aliphatic rings. The predicted octanol–water partition coefficient (Wildman–Crippen LogP) is 2.44. The van der Waals surface area contributed by atoms with Crippen LogP contribution >= 0.6 is 0 Å². The van der Waals surface area contributed by atoms with Crippen molar-refractivity contribution in [3.63, 3.8) is 0 Å². The Morgan fingerprint density at radius 1 is 1.27 bits per heavy atom. The van der Waals surface area contributed by atoms with Gasteiger partial charge in [-0.2, -0.15) is 0 Å². The molecule has 3 atom stereocenters. The fourth-order valence-electron chi connectivity index (χ4n) is 2.68. The average molecular weight is 211 g/mol. The molecule has 1 saturated heterocycles. The van der Waals surface area contributed by atoms with Crippen LogP contribution in [0.3, 0.4) is 0 Å². The molecule has 1 aliphatic carbocycles. The van der Waals surface area contributed by atoms with Crippen LogP contribution in [0.15, 0.2) is 0 Å². The lowest BCUT2D eigenvalue weighted by atomic mass is 9.96. The Morgan fingerprint density at radius 2 is 2.07 bits per heavy atom. The molecule has 0 bridgehead atoms. The number of nitrogens with one attached hydrogen (secondary N) is 1. The molecule has 0 radical (unpaired) electrons. The summed E-state index contributed by atoms with van der Waals surface area (Å²) in [5, 5.41) is 3.75. The van der Waals surface area contributed by atoms with Gasteiger partial charge in [-0.05, 0) is 50.0 Å². The van der Waals surface area contributed by atoms with Crippen molar-refractivity contribution >= 4 is 0 Å². The van der Waals surface area contributed by atoms with Crippen LogP contribution < -0.4 is 5.32 Å². The maximum Gasteiger partial charge on any atom is 0.0509 e. The van der Waals surface area contributed by atoms with E-state index in [9.17, 15) is 0 Å². The molecular formula is C13H25NO. The van der Waals surface area contributed by atoms with Crippen molar-refractivity contribution in [1.82, 2.24) is 5.32 Å². The summed E-state index contributed by atoms with van der Waals surface area (Å²) in [6, 6.07) is 0.689. The molecule has 2 nitrogen and oxygen atoms in total. The van der Waals surface area contributed by atoms with E-state index in [0.717, 1.165) is 31.0 Å². The van der Waals surface area contributed by atoms with Crippen molar-refractivity contribution in [3.8, 4) is 0 Å². The third kappa shape index (κ3) is 3.18. The minimum absolute atomic E-state index is 0.689. The van der Waals surface area contributed by atoms with Gasteiger partial charge in [-0.15, -0.1) is 0 Å². The number of rotatable bonds is 6. The third-order valence-electron chi connectivity index (χ3n) is 4.10. The highest BCUT2D eigenvalue weighted by Crippen LogP contribution is 2.36. The Bertz CT molecular complexity index is 185. The Kier molecular flexibility index (Phi) is 4.04. The van der Waals surface area contributed by atoms with Gasteiger partial charge in [0.25, 0.3) is 0 Å². The highest BCUT2D eigenvalue weighted by Gasteiger charge is 2.29. The zero-order valence-corrected chi connectivity index (χ0v) is 10.2. The molecule has 0 spiro atoms. The molecule has 3 unspecified atom stereocenters. The van der Waals surface area contributed by atoms with Crippen molar-refractivity contribution in [2.24, 2.45) is 17.8 Å². The smallest absolute Gasteiger partial charge is 0.0509 e. The van der Waals surface area contributed by atoms with Gasteiger partial charge in [-0.1, -0.05) is 13.8 Å². The molecule has 1 N–H and O–H groups in total. The molecule has 2 fully saturated rings. The van der Waals surface area contributed by atoms with E-state index >= 15 is 0 Å². The van der Waals surface area contributed by atoms with Gasteiger partial charge in [0.15, 0.2) is 0 Å². The summed E-state index contributed by atoms with van der Waals surface area (Å²) in [5.74, 6) is 2.66. The first-order chi connectivity index (χ1) is 7.31. The molecule has 1 aliphatic heterocycles. The number of hydrogen-bond acceptors (Lipinski definition) is 2. The topological polar surface area (TPSA) is 21.3 Å². The lowest BCUT2D eigenvalue weighted by Gasteiger charge is -2.24. The van der Waals surface area contributed by atoms with Crippen molar-refractivity contribution in [2.45, 2.75) is 45.6 Å². The fourth-order valence-corrected chi connectivity index (χ4v) is 2.68. The van der Waals surface area contributed by atoms with E-state index in [4.69, 9.17) is 4.74 Å². The van der Waals surface area contributed by atoms with E-state index < -0.39 is 0 Å². The van der Waals surface area contributed by atoms with Gasteiger partial charge in [0, 0.05) is 12.6 Å². The van der Waals surface area contributed by atoms with E-state index in [0.29, 0.717) is 6.04 Å². The predicted molar refractivity (Wildman–Crippen MR) is 62.9 cm³/mol. The van der Waals surface area contributed by atoms with Crippen LogP contribution in [0.25, 0.3) is 0 Å². The van der Waals surface area contributed by atoms with Crippen molar-refractivity contribution in [1.29, 1.82) is 0 Å². The van der Waals surface area contributed by atoms with Crippen molar-refractivity contribution in [2.75, 3.05) is 19.8 Å². The quantitative estimate of drug-likeness (QED) is 0.728. The van der Waals surface area contributed by atoms with E-state index in [1.165, 1.54) is 32.2 Å². The first-order valence-electron chi connectivity index (χ1n) is 6.62. The molecule has 1 heterocycles. The van der Waals surface area contributed by atoms with Crippen LogP contribution in [-0.2, 0) is 4.74 Å². The normalized spacial score (nSPS) is 30.4. The van der Waals surface area contributed by atoms with Crippen LogP contribution in [-0.4, -0.2) is 25.8 Å². The second-order valence-electron chi connectivity index (χ2n) is 5.36. The zero-order valence-electron chi connectivity index (χ0n) is 10.2. The summed E-state index contributed by atoms with van der Waals surface area (Å²) >= 11 is 0. The van der Waals surface area contributed by atoms with E-state index in [1.54, 1.807) is 0 Å². The maximum atomic E-state index is 5.47. The first kappa shape index (κ1) is 11.4. The van der Waals surface area contributed by atoms with Gasteiger partial charge >= 0.3 is 0 Å². The number of ether oxygens (including phenoxy) is 1. The number of hydrogen-bond donors (Lipinski definition) is 1. The van der Waals surface area contributed by atoms with Gasteiger partial charge in [-0.3, -0.25) is 0 Å². The summed E-state index contributed by atoms with van der Waals surface area (Å²) in [6.45, 7) is 7.84. The van der Waals surface area contributed by atoms with Crippen LogP contribution in [0, 0.1) is 17.8 Å². The monoisotopic (exact) mass is 211 g/mol. The molecule has 0 aromatic carbocycles. The third-order valence-corrected chi connectivity index (χ3v) is 4.10. The molecule has 0 aromatic rings. The molecule has 2 rings (SSSR count). The Labute approximate surface area is 93.8 Å². The Morgan fingerprint density at radius 3 is 2.60 bits per heavy atom. The van der Waals surface area contributed by atoms with E-state index in [-0.39, 0.29) is 0 Å². The van der Waals surface area contributed by atoms with Gasteiger partial charge in [0.05, 0.1) is 6.61 Å². The van der Waals surface area contributed by atoms with Gasteiger partial charge in [-0.25, -0.2) is 0 Å². The van der Waals surface area contributed by atoms with Gasteiger partial charge in [0.2, 0.25) is 0 Å². The van der Waals surface area contributed by atoms with Crippen molar-refractivity contribution in [3.05, 3.63) is 0 Å². The second-order valence-corrected chi connectivity index (χ2v) is 5.36. The molecule has 0 aromatic heterocycles. The second kappa shape index (κ2) is 5.31. The summed E-state index contributed by atoms with van der Waals surface area (Å²) in [6.07, 6.45) is 5.42. The van der Waals surface area contributed by atoms with Gasteiger partial charge < -0.3 is 10.1 Å². The van der Waals surface area contributed by atoms with Crippen molar-refractivity contribution < 1.29 is 4.74 Å². The molecule has 15 heavy (non-hydrogen) atoms. The Hall–Kier alpha value is -0.0800. The summed E-state index contributed by atoms with van der Waals surface area (Å²) in [5.41, 5.74) is 0. The van der Waals surface area contributed by atoms with Crippen LogP contribution in [0.1, 0.15) is 39.5 Å². The van der Waals surface area contributed by atoms with Crippen LogP contribution in [0.4, 0.5) is 0 Å². The highest BCUT2D eigenvalue weighted by molar-refractivity contribution is 4.83. The molecule has 0 amide bonds.